The number of hydrogen-bond acceptors (Lipinski definition) is 7. The molecule has 0 saturated carbocycles. The van der Waals surface area contributed by atoms with E-state index in [1.807, 2.05) is 24.3 Å². The number of hydrogen-bond donors (Lipinski definition) is 2. The lowest BCUT2D eigenvalue weighted by molar-refractivity contribution is 0.0601. The quantitative estimate of drug-likeness (QED) is 0.482. The van der Waals surface area contributed by atoms with Crippen molar-refractivity contribution in [2.75, 3.05) is 12.4 Å². The van der Waals surface area contributed by atoms with Gasteiger partial charge >= 0.3 is 5.97 Å². The van der Waals surface area contributed by atoms with E-state index in [4.69, 9.17) is 19.6 Å². The molecule has 0 aliphatic heterocycles. The molecule has 0 aliphatic carbocycles. The topological polar surface area (TPSA) is 121 Å². The fraction of sp³-hybridized carbons (Fsp3) is 0.261. The number of ether oxygens (including phenoxy) is 2. The third kappa shape index (κ3) is 5.00. The average Bonchev–Trinajstić information content (AvgIpc) is 3.36. The first-order chi connectivity index (χ1) is 15.2. The fourth-order valence-corrected chi connectivity index (χ4v) is 4.07. The summed E-state index contributed by atoms with van der Waals surface area (Å²) in [5.41, 5.74) is 7.01. The fourth-order valence-electron chi connectivity index (χ4n) is 3.03. The van der Waals surface area contributed by atoms with Crippen molar-refractivity contribution in [3.63, 3.8) is 0 Å². The van der Waals surface area contributed by atoms with Crippen LogP contribution in [0.2, 0.25) is 0 Å². The van der Waals surface area contributed by atoms with Crippen molar-refractivity contribution in [1.82, 2.24) is 0 Å². The number of thiophene rings is 1. The maximum Gasteiger partial charge on any atom is 0.341 e. The van der Waals surface area contributed by atoms with E-state index in [1.165, 1.54) is 18.7 Å². The van der Waals surface area contributed by atoms with Gasteiger partial charge in [0, 0.05) is 0 Å². The van der Waals surface area contributed by atoms with E-state index in [0.29, 0.717) is 23.0 Å². The first-order valence-electron chi connectivity index (χ1n) is 9.85. The van der Waals surface area contributed by atoms with Crippen LogP contribution in [0.25, 0.3) is 0 Å². The largest absolute Gasteiger partial charge is 0.486 e. The lowest BCUT2D eigenvalue weighted by atomic mass is 10.0. The van der Waals surface area contributed by atoms with Gasteiger partial charge in [-0.1, -0.05) is 26.0 Å². The van der Waals surface area contributed by atoms with Gasteiger partial charge in [0.2, 0.25) is 0 Å². The first kappa shape index (κ1) is 23.1. The Hall–Kier alpha value is -3.59. The monoisotopic (exact) mass is 456 g/mol. The van der Waals surface area contributed by atoms with Crippen molar-refractivity contribution in [3.05, 3.63) is 69.5 Å². The van der Waals surface area contributed by atoms with Crippen LogP contribution in [0.4, 0.5) is 5.00 Å². The number of methoxy groups -OCH3 is 1. The highest BCUT2D eigenvalue weighted by Crippen LogP contribution is 2.34. The van der Waals surface area contributed by atoms with Gasteiger partial charge in [-0.15, -0.1) is 11.3 Å². The molecule has 2 aromatic heterocycles. The molecular formula is C23H24N2O6S. The molecular weight excluding hydrogens is 432 g/mol. The van der Waals surface area contributed by atoms with Crippen molar-refractivity contribution in [2.24, 2.45) is 5.73 Å². The number of rotatable bonds is 8. The van der Waals surface area contributed by atoms with Crippen molar-refractivity contribution in [3.8, 4) is 5.75 Å². The van der Waals surface area contributed by atoms with Gasteiger partial charge in [0.1, 0.15) is 23.1 Å². The molecule has 0 unspecified atom stereocenters. The predicted octanol–water partition coefficient (Wildman–Crippen LogP) is 4.49. The highest BCUT2D eigenvalue weighted by atomic mass is 32.1. The van der Waals surface area contributed by atoms with Crippen LogP contribution in [-0.4, -0.2) is 24.9 Å². The molecule has 168 valence electrons. The smallest absolute Gasteiger partial charge is 0.341 e. The summed E-state index contributed by atoms with van der Waals surface area (Å²) in [6.07, 6.45) is 0. The Morgan fingerprint density at radius 3 is 2.41 bits per heavy atom. The number of esters is 1. The van der Waals surface area contributed by atoms with Crippen molar-refractivity contribution in [1.29, 1.82) is 0 Å². The minimum Gasteiger partial charge on any atom is -0.486 e. The lowest BCUT2D eigenvalue weighted by Gasteiger charge is -2.08. The maximum absolute atomic E-state index is 12.6. The Morgan fingerprint density at radius 2 is 1.81 bits per heavy atom. The summed E-state index contributed by atoms with van der Waals surface area (Å²) in [7, 11) is 1.21. The number of nitrogens with one attached hydrogen (secondary N) is 1. The standard InChI is InChI=1S/C23H24N2O6S/c1-12(2)14-5-7-15(8-6-14)30-11-16-9-10-17(31-16)21(27)25-22-18(23(28)29-4)13(3)19(32-22)20(24)26/h5-10,12H,11H2,1-4H3,(H2,24,26)(H,25,27). The summed E-state index contributed by atoms with van der Waals surface area (Å²) in [5, 5.41) is 2.76. The number of furan rings is 1. The van der Waals surface area contributed by atoms with Gasteiger partial charge < -0.3 is 24.9 Å². The van der Waals surface area contributed by atoms with Crippen LogP contribution in [0.15, 0.2) is 40.8 Å². The number of benzene rings is 1. The Kier molecular flexibility index (Phi) is 6.99. The second kappa shape index (κ2) is 9.69. The average molecular weight is 457 g/mol. The van der Waals surface area contributed by atoms with Gasteiger partial charge in [-0.2, -0.15) is 0 Å². The van der Waals surface area contributed by atoms with Gasteiger partial charge in [0.05, 0.1) is 17.6 Å². The molecule has 1 aromatic carbocycles. The number of nitrogens with two attached hydrogens (primary N) is 1. The third-order valence-corrected chi connectivity index (χ3v) is 6.02. The molecule has 2 amide bonds. The summed E-state index contributed by atoms with van der Waals surface area (Å²) in [6.45, 7) is 5.94. The zero-order valence-corrected chi connectivity index (χ0v) is 19.0. The summed E-state index contributed by atoms with van der Waals surface area (Å²) in [4.78, 5) is 36.6. The zero-order valence-electron chi connectivity index (χ0n) is 18.2. The minimum atomic E-state index is -0.697. The van der Waals surface area contributed by atoms with E-state index in [1.54, 1.807) is 13.0 Å². The Morgan fingerprint density at radius 1 is 1.12 bits per heavy atom. The van der Waals surface area contributed by atoms with Crippen LogP contribution < -0.4 is 15.8 Å². The normalized spacial score (nSPS) is 10.8. The maximum atomic E-state index is 12.6. The van der Waals surface area contributed by atoms with E-state index in [2.05, 4.69) is 19.2 Å². The molecule has 0 spiro atoms. The van der Waals surface area contributed by atoms with Gasteiger partial charge in [-0.05, 0) is 48.2 Å². The predicted molar refractivity (Wildman–Crippen MR) is 120 cm³/mol. The number of primary amides is 1. The minimum absolute atomic E-state index is 0.0289. The molecule has 0 saturated heterocycles. The van der Waals surface area contributed by atoms with Gasteiger partial charge in [0.15, 0.2) is 5.76 Å². The van der Waals surface area contributed by atoms with Crippen LogP contribution in [0.1, 0.15) is 67.2 Å². The summed E-state index contributed by atoms with van der Waals surface area (Å²) in [6, 6.07) is 10.9. The van der Waals surface area contributed by atoms with Crippen molar-refractivity contribution < 1.29 is 28.3 Å². The highest BCUT2D eigenvalue weighted by Gasteiger charge is 2.26. The van der Waals surface area contributed by atoms with E-state index in [-0.39, 0.29) is 27.8 Å². The Balaban J connectivity index is 1.70. The first-order valence-corrected chi connectivity index (χ1v) is 10.7. The van der Waals surface area contributed by atoms with Gasteiger partial charge in [-0.25, -0.2) is 4.79 Å². The molecule has 8 nitrogen and oxygen atoms in total. The Bertz CT molecular complexity index is 1140. The van der Waals surface area contributed by atoms with E-state index >= 15 is 0 Å². The van der Waals surface area contributed by atoms with Crippen molar-refractivity contribution >= 4 is 34.1 Å². The second-order valence-corrected chi connectivity index (χ2v) is 8.37. The summed E-state index contributed by atoms with van der Waals surface area (Å²) in [5.74, 6) is -0.359. The molecule has 3 aromatic rings. The molecule has 3 N–H and O–H groups in total. The molecule has 0 fully saturated rings. The van der Waals surface area contributed by atoms with E-state index in [0.717, 1.165) is 11.3 Å². The molecule has 3 rings (SSSR count). The highest BCUT2D eigenvalue weighted by molar-refractivity contribution is 7.18. The molecule has 0 atom stereocenters. The SMILES string of the molecule is COC(=O)c1c(NC(=O)c2ccc(COc3ccc(C(C)C)cc3)o2)sc(C(N)=O)c1C. The van der Waals surface area contributed by atoms with E-state index in [9.17, 15) is 14.4 Å². The molecule has 0 radical (unpaired) electrons. The molecule has 9 heteroatoms. The number of amides is 2. The van der Waals surface area contributed by atoms with Crippen LogP contribution in [0.5, 0.6) is 5.75 Å². The molecule has 0 aliphatic rings. The second-order valence-electron chi connectivity index (χ2n) is 7.35. The summed E-state index contributed by atoms with van der Waals surface area (Å²) >= 11 is 0.905. The molecule has 2 heterocycles. The number of carbonyl (C=O) groups excluding carboxylic acids is 3. The number of carbonyl (C=O) groups is 3. The lowest BCUT2D eigenvalue weighted by Crippen LogP contribution is -2.14. The molecule has 0 bridgehead atoms. The third-order valence-electron chi connectivity index (χ3n) is 4.80. The zero-order chi connectivity index (χ0) is 23.4. The van der Waals surface area contributed by atoms with Gasteiger partial charge in [0.25, 0.3) is 11.8 Å². The summed E-state index contributed by atoms with van der Waals surface area (Å²) < 4.78 is 16.0. The Labute approximate surface area is 189 Å². The van der Waals surface area contributed by atoms with Crippen LogP contribution in [-0.2, 0) is 11.3 Å². The van der Waals surface area contributed by atoms with Crippen molar-refractivity contribution in [2.45, 2.75) is 33.3 Å². The van der Waals surface area contributed by atoms with Gasteiger partial charge in [-0.3, -0.25) is 9.59 Å². The molecule has 32 heavy (non-hydrogen) atoms. The van der Waals surface area contributed by atoms with Crippen LogP contribution >= 0.6 is 11.3 Å². The van der Waals surface area contributed by atoms with Crippen LogP contribution in [0, 0.1) is 6.92 Å². The number of anilines is 1. The van der Waals surface area contributed by atoms with E-state index < -0.39 is 17.8 Å². The van der Waals surface area contributed by atoms with Crippen LogP contribution in [0.3, 0.4) is 0 Å².